The maximum Gasteiger partial charge on any atom is 0.292 e. The number of carbonyl (C=O) groups excluding carboxylic acids is 1. The summed E-state index contributed by atoms with van der Waals surface area (Å²) in [5.41, 5.74) is -0.0421. The van der Waals surface area contributed by atoms with Gasteiger partial charge in [-0.05, 0) is 12.1 Å². The lowest BCUT2D eigenvalue weighted by molar-refractivity contribution is -0.384. The van der Waals surface area contributed by atoms with Gasteiger partial charge in [-0.1, -0.05) is 11.6 Å². The number of anilines is 1. The molecule has 1 amide bonds. The van der Waals surface area contributed by atoms with Crippen molar-refractivity contribution in [2.24, 2.45) is 0 Å². The molecule has 0 aliphatic carbocycles. The number of rotatable bonds is 3. The fourth-order valence-corrected chi connectivity index (χ4v) is 1.42. The van der Waals surface area contributed by atoms with Gasteiger partial charge in [0.25, 0.3) is 11.6 Å². The van der Waals surface area contributed by atoms with Gasteiger partial charge in [0.1, 0.15) is 11.3 Å². The van der Waals surface area contributed by atoms with E-state index < -0.39 is 10.8 Å². The second kappa shape index (κ2) is 4.80. The largest absolute Gasteiger partial charge is 0.319 e. The number of nitrogens with zero attached hydrogens (tertiary/aromatic N) is 3. The van der Waals surface area contributed by atoms with Crippen molar-refractivity contribution in [3.8, 4) is 0 Å². The zero-order valence-electron chi connectivity index (χ0n) is 8.75. The molecule has 0 radical (unpaired) electrons. The van der Waals surface area contributed by atoms with Crippen molar-refractivity contribution in [1.29, 1.82) is 0 Å². The van der Waals surface area contributed by atoms with Gasteiger partial charge in [-0.2, -0.15) is 5.10 Å². The molecule has 2 N–H and O–H groups in total. The number of nitro groups is 1. The smallest absolute Gasteiger partial charge is 0.292 e. The number of hydrogen-bond acceptors (Lipinski definition) is 5. The quantitative estimate of drug-likeness (QED) is 0.648. The molecule has 0 aliphatic rings. The van der Waals surface area contributed by atoms with Gasteiger partial charge in [0.05, 0.1) is 4.92 Å². The molecular weight excluding hydrogens is 262 g/mol. The van der Waals surface area contributed by atoms with E-state index in [-0.39, 0.29) is 22.2 Å². The minimum atomic E-state index is -0.633. The Morgan fingerprint density at radius 2 is 2.28 bits per heavy atom. The lowest BCUT2D eigenvalue weighted by Gasteiger charge is -2.03. The Labute approximate surface area is 105 Å². The van der Waals surface area contributed by atoms with Crippen LogP contribution in [0.4, 0.5) is 11.4 Å². The normalized spacial score (nSPS) is 10.1. The van der Waals surface area contributed by atoms with Gasteiger partial charge in [-0.15, -0.1) is 0 Å². The predicted molar refractivity (Wildman–Crippen MR) is 62.4 cm³/mol. The molecule has 2 aromatic rings. The molecule has 0 saturated carbocycles. The lowest BCUT2D eigenvalue weighted by Crippen LogP contribution is -2.13. The van der Waals surface area contributed by atoms with Crippen molar-refractivity contribution in [1.82, 2.24) is 15.2 Å². The molecule has 0 atom stereocenters. The molecule has 1 aromatic heterocycles. The van der Waals surface area contributed by atoms with E-state index in [2.05, 4.69) is 20.5 Å². The molecule has 9 heteroatoms. The topological polar surface area (TPSA) is 114 Å². The highest BCUT2D eigenvalue weighted by Crippen LogP contribution is 2.27. The maximum absolute atomic E-state index is 11.6. The Bertz CT molecular complexity index is 598. The molecule has 0 bridgehead atoms. The van der Waals surface area contributed by atoms with Gasteiger partial charge in [-0.3, -0.25) is 20.0 Å². The zero-order chi connectivity index (χ0) is 13.1. The van der Waals surface area contributed by atoms with Crippen LogP contribution in [0.2, 0.25) is 5.02 Å². The molecule has 0 fully saturated rings. The third kappa shape index (κ3) is 2.43. The fraction of sp³-hybridized carbons (Fsp3) is 0. The summed E-state index contributed by atoms with van der Waals surface area (Å²) in [5.74, 6) is -0.545. The van der Waals surface area contributed by atoms with E-state index in [4.69, 9.17) is 11.6 Å². The monoisotopic (exact) mass is 267 g/mol. The minimum Gasteiger partial charge on any atom is -0.319 e. The van der Waals surface area contributed by atoms with Crippen molar-refractivity contribution in [2.75, 3.05) is 5.32 Å². The van der Waals surface area contributed by atoms with Crippen LogP contribution in [0.3, 0.4) is 0 Å². The summed E-state index contributed by atoms with van der Waals surface area (Å²) in [5, 5.41) is 19.0. The van der Waals surface area contributed by atoms with E-state index in [0.717, 1.165) is 6.07 Å². The highest BCUT2D eigenvalue weighted by molar-refractivity contribution is 6.32. The number of benzene rings is 1. The summed E-state index contributed by atoms with van der Waals surface area (Å²) in [6.45, 7) is 0. The average molecular weight is 268 g/mol. The first kappa shape index (κ1) is 12.0. The number of hydrogen-bond donors (Lipinski definition) is 2. The molecule has 0 spiro atoms. The van der Waals surface area contributed by atoms with Crippen LogP contribution in [0, 0.1) is 10.1 Å². The first-order valence-corrected chi connectivity index (χ1v) is 5.06. The summed E-state index contributed by atoms with van der Waals surface area (Å²) < 4.78 is 0. The van der Waals surface area contributed by atoms with E-state index in [9.17, 15) is 14.9 Å². The predicted octanol–water partition coefficient (Wildman–Crippen LogP) is 1.62. The van der Waals surface area contributed by atoms with Crippen LogP contribution < -0.4 is 5.32 Å². The first-order valence-electron chi connectivity index (χ1n) is 4.68. The summed E-state index contributed by atoms with van der Waals surface area (Å²) in [6, 6.07) is 3.94. The maximum atomic E-state index is 11.6. The Morgan fingerprint density at radius 1 is 1.50 bits per heavy atom. The van der Waals surface area contributed by atoms with Crippen molar-refractivity contribution in [3.63, 3.8) is 0 Å². The average Bonchev–Trinajstić information content (AvgIpc) is 2.85. The number of aromatic amines is 1. The van der Waals surface area contributed by atoms with Crippen LogP contribution >= 0.6 is 11.6 Å². The van der Waals surface area contributed by atoms with E-state index in [0.29, 0.717) is 0 Å². The fourth-order valence-electron chi connectivity index (χ4n) is 1.24. The number of nitro benzene ring substituents is 1. The second-order valence-electron chi connectivity index (χ2n) is 3.21. The summed E-state index contributed by atoms with van der Waals surface area (Å²) >= 11 is 5.64. The first-order chi connectivity index (χ1) is 8.58. The van der Waals surface area contributed by atoms with Crippen LogP contribution in [0.25, 0.3) is 0 Å². The van der Waals surface area contributed by atoms with Gasteiger partial charge in [-0.25, -0.2) is 4.98 Å². The van der Waals surface area contributed by atoms with E-state index in [1.807, 2.05) is 0 Å². The summed E-state index contributed by atoms with van der Waals surface area (Å²) in [6.07, 6.45) is 1.18. The molecule has 0 unspecified atom stereocenters. The van der Waals surface area contributed by atoms with Crippen molar-refractivity contribution in [3.05, 3.63) is 45.5 Å². The van der Waals surface area contributed by atoms with Gasteiger partial charge < -0.3 is 5.32 Å². The Morgan fingerprint density at radius 3 is 2.89 bits per heavy atom. The summed E-state index contributed by atoms with van der Waals surface area (Å²) in [7, 11) is 0. The van der Waals surface area contributed by atoms with E-state index in [1.165, 1.54) is 18.5 Å². The number of nitrogens with one attached hydrogen (secondary N) is 2. The molecule has 0 saturated heterocycles. The zero-order valence-corrected chi connectivity index (χ0v) is 9.51. The van der Waals surface area contributed by atoms with Gasteiger partial charge in [0.15, 0.2) is 0 Å². The van der Waals surface area contributed by atoms with Crippen molar-refractivity contribution in [2.45, 2.75) is 0 Å². The SMILES string of the molecule is O=C(Nc1ccc(Cl)c([N+](=O)[O-])c1)c1ncn[nH]1. The number of halogens is 1. The number of amides is 1. The standard InChI is InChI=1S/C9H6ClN5O3/c10-6-2-1-5(3-7(6)15(17)18)13-9(16)8-11-4-12-14-8/h1-4H,(H,13,16)(H,11,12,14). The van der Waals surface area contributed by atoms with E-state index in [1.54, 1.807) is 0 Å². The van der Waals surface area contributed by atoms with Crippen molar-refractivity contribution >= 4 is 28.9 Å². The third-order valence-corrected chi connectivity index (χ3v) is 2.35. The number of carbonyl (C=O) groups is 1. The van der Waals surface area contributed by atoms with Crippen LogP contribution in [0.15, 0.2) is 24.5 Å². The van der Waals surface area contributed by atoms with Crippen LogP contribution in [0.5, 0.6) is 0 Å². The molecule has 1 aromatic carbocycles. The van der Waals surface area contributed by atoms with Gasteiger partial charge in [0, 0.05) is 11.8 Å². The minimum absolute atomic E-state index is 0.00216. The van der Waals surface area contributed by atoms with Gasteiger partial charge >= 0.3 is 0 Å². The second-order valence-corrected chi connectivity index (χ2v) is 3.62. The highest BCUT2D eigenvalue weighted by Gasteiger charge is 2.15. The molecule has 18 heavy (non-hydrogen) atoms. The van der Waals surface area contributed by atoms with Crippen molar-refractivity contribution < 1.29 is 9.72 Å². The molecule has 8 nitrogen and oxygen atoms in total. The molecule has 92 valence electrons. The van der Waals surface area contributed by atoms with E-state index >= 15 is 0 Å². The summed E-state index contributed by atoms with van der Waals surface area (Å²) in [4.78, 5) is 25.3. The molecular formula is C9H6ClN5O3. The lowest BCUT2D eigenvalue weighted by atomic mass is 10.3. The Balaban J connectivity index is 2.22. The molecule has 1 heterocycles. The van der Waals surface area contributed by atoms with Crippen LogP contribution in [-0.2, 0) is 0 Å². The Hall–Kier alpha value is -2.48. The number of H-pyrrole nitrogens is 1. The number of aromatic nitrogens is 3. The third-order valence-electron chi connectivity index (χ3n) is 2.03. The van der Waals surface area contributed by atoms with Gasteiger partial charge in [0.2, 0.25) is 5.82 Å². The molecule has 2 rings (SSSR count). The van der Waals surface area contributed by atoms with Crippen LogP contribution in [0.1, 0.15) is 10.6 Å². The Kier molecular flexibility index (Phi) is 3.20. The van der Waals surface area contributed by atoms with Crippen LogP contribution in [-0.4, -0.2) is 26.0 Å². The highest BCUT2D eigenvalue weighted by atomic mass is 35.5. The molecule has 0 aliphatic heterocycles.